The molecular formula is C11H9BrN2OS. The Hall–Kier alpha value is -0.910. The van der Waals surface area contributed by atoms with E-state index in [9.17, 15) is 5.11 Å². The van der Waals surface area contributed by atoms with Crippen LogP contribution in [0.5, 0.6) is 0 Å². The lowest BCUT2D eigenvalue weighted by Crippen LogP contribution is -1.89. The van der Waals surface area contributed by atoms with E-state index in [1.807, 2.05) is 18.2 Å². The first kappa shape index (κ1) is 11.6. The summed E-state index contributed by atoms with van der Waals surface area (Å²) in [5.41, 5.74) is 0.876. The highest BCUT2D eigenvalue weighted by molar-refractivity contribution is 9.10. The maximum absolute atomic E-state index is 9.22. The van der Waals surface area contributed by atoms with Crippen LogP contribution in [0.4, 0.5) is 0 Å². The van der Waals surface area contributed by atoms with Crippen LogP contribution in [0, 0.1) is 0 Å². The molecule has 0 unspecified atom stereocenters. The van der Waals surface area contributed by atoms with Crippen LogP contribution in [0.25, 0.3) is 0 Å². The van der Waals surface area contributed by atoms with Crippen LogP contribution in [0.15, 0.2) is 51.2 Å². The van der Waals surface area contributed by atoms with Crippen LogP contribution in [-0.2, 0) is 6.61 Å². The van der Waals surface area contributed by atoms with Gasteiger partial charge in [-0.25, -0.2) is 9.97 Å². The first-order valence-corrected chi connectivity index (χ1v) is 6.24. The smallest absolute Gasteiger partial charge is 0.192 e. The lowest BCUT2D eigenvalue weighted by Gasteiger charge is -2.06. The topological polar surface area (TPSA) is 46.0 Å². The number of benzene rings is 1. The number of hydrogen-bond donors (Lipinski definition) is 1. The van der Waals surface area contributed by atoms with Gasteiger partial charge in [0, 0.05) is 21.8 Å². The van der Waals surface area contributed by atoms with Crippen LogP contribution in [0.3, 0.4) is 0 Å². The fourth-order valence-corrected chi connectivity index (χ4v) is 2.58. The molecule has 0 fully saturated rings. The van der Waals surface area contributed by atoms with E-state index in [2.05, 4.69) is 25.9 Å². The Morgan fingerprint density at radius 2 is 2.00 bits per heavy atom. The van der Waals surface area contributed by atoms with Gasteiger partial charge in [0.25, 0.3) is 0 Å². The average molecular weight is 297 g/mol. The molecule has 2 aromatic rings. The minimum atomic E-state index is 0.0163. The van der Waals surface area contributed by atoms with Crippen molar-refractivity contribution in [2.45, 2.75) is 16.7 Å². The summed E-state index contributed by atoms with van der Waals surface area (Å²) in [6.45, 7) is 0.0163. The number of aliphatic hydroxyl groups is 1. The molecular weight excluding hydrogens is 288 g/mol. The lowest BCUT2D eigenvalue weighted by atomic mass is 10.2. The van der Waals surface area contributed by atoms with E-state index in [1.165, 1.54) is 11.8 Å². The standard InChI is InChI=1S/C11H9BrN2OS/c12-9-3-2-8(7-15)10(6-9)16-11-13-4-1-5-14-11/h1-6,15H,7H2. The lowest BCUT2D eigenvalue weighted by molar-refractivity contribution is 0.279. The molecule has 0 atom stereocenters. The molecule has 5 heteroatoms. The second-order valence-electron chi connectivity index (χ2n) is 3.04. The van der Waals surface area contributed by atoms with Gasteiger partial charge in [0.15, 0.2) is 5.16 Å². The number of halogens is 1. The van der Waals surface area contributed by atoms with Gasteiger partial charge in [-0.15, -0.1) is 0 Å². The van der Waals surface area contributed by atoms with Crippen molar-refractivity contribution in [2.75, 3.05) is 0 Å². The predicted octanol–water partition coefficient (Wildman–Crippen LogP) is 2.88. The van der Waals surface area contributed by atoms with Gasteiger partial charge in [0.1, 0.15) is 0 Å². The quantitative estimate of drug-likeness (QED) is 0.885. The molecule has 0 saturated carbocycles. The number of nitrogens with zero attached hydrogens (tertiary/aromatic N) is 2. The maximum Gasteiger partial charge on any atom is 0.192 e. The highest BCUT2D eigenvalue weighted by Crippen LogP contribution is 2.30. The van der Waals surface area contributed by atoms with Gasteiger partial charge in [0.2, 0.25) is 0 Å². The Morgan fingerprint density at radius 1 is 1.25 bits per heavy atom. The number of hydrogen-bond acceptors (Lipinski definition) is 4. The zero-order valence-electron chi connectivity index (χ0n) is 8.30. The van der Waals surface area contributed by atoms with E-state index in [0.717, 1.165) is 14.9 Å². The van der Waals surface area contributed by atoms with Crippen LogP contribution in [0.2, 0.25) is 0 Å². The van der Waals surface area contributed by atoms with Gasteiger partial charge < -0.3 is 5.11 Å². The van der Waals surface area contributed by atoms with E-state index in [4.69, 9.17) is 0 Å². The fourth-order valence-electron chi connectivity index (χ4n) is 1.19. The SMILES string of the molecule is OCc1ccc(Br)cc1Sc1ncccn1. The van der Waals surface area contributed by atoms with Gasteiger partial charge in [-0.1, -0.05) is 22.0 Å². The average Bonchev–Trinajstić information content (AvgIpc) is 2.31. The molecule has 16 heavy (non-hydrogen) atoms. The van der Waals surface area contributed by atoms with Crippen molar-refractivity contribution in [3.63, 3.8) is 0 Å². The highest BCUT2D eigenvalue weighted by Gasteiger charge is 2.06. The molecule has 82 valence electrons. The minimum Gasteiger partial charge on any atom is -0.392 e. The second kappa shape index (κ2) is 5.43. The van der Waals surface area contributed by atoms with Crippen LogP contribution in [0.1, 0.15) is 5.56 Å². The van der Waals surface area contributed by atoms with Crippen molar-refractivity contribution in [3.8, 4) is 0 Å². The third-order valence-electron chi connectivity index (χ3n) is 1.94. The minimum absolute atomic E-state index is 0.0163. The molecule has 0 radical (unpaired) electrons. The molecule has 0 aliphatic rings. The third kappa shape index (κ3) is 2.81. The summed E-state index contributed by atoms with van der Waals surface area (Å²) in [6.07, 6.45) is 3.40. The molecule has 1 N–H and O–H groups in total. The monoisotopic (exact) mass is 296 g/mol. The van der Waals surface area contributed by atoms with Gasteiger partial charge in [-0.2, -0.15) is 0 Å². The van der Waals surface area contributed by atoms with Crippen molar-refractivity contribution >= 4 is 27.7 Å². The Morgan fingerprint density at radius 3 is 2.69 bits per heavy atom. The molecule has 0 spiro atoms. The van der Waals surface area contributed by atoms with Gasteiger partial charge >= 0.3 is 0 Å². The summed E-state index contributed by atoms with van der Waals surface area (Å²) in [6, 6.07) is 7.52. The van der Waals surface area contributed by atoms with E-state index in [1.54, 1.807) is 18.5 Å². The Bertz CT molecular complexity index is 479. The first-order chi connectivity index (χ1) is 7.79. The number of aromatic nitrogens is 2. The molecule has 0 saturated heterocycles. The molecule has 0 aliphatic carbocycles. The summed E-state index contributed by atoms with van der Waals surface area (Å²) < 4.78 is 0.975. The largest absolute Gasteiger partial charge is 0.392 e. The molecule has 1 aromatic heterocycles. The first-order valence-electron chi connectivity index (χ1n) is 4.64. The number of aliphatic hydroxyl groups excluding tert-OH is 1. The molecule has 0 bridgehead atoms. The predicted molar refractivity (Wildman–Crippen MR) is 66.2 cm³/mol. The molecule has 3 nitrogen and oxygen atoms in total. The molecule has 0 aliphatic heterocycles. The van der Waals surface area contributed by atoms with E-state index in [0.29, 0.717) is 5.16 Å². The van der Waals surface area contributed by atoms with Gasteiger partial charge in [-0.3, -0.25) is 0 Å². The normalized spacial score (nSPS) is 10.4. The zero-order valence-corrected chi connectivity index (χ0v) is 10.7. The Labute approximate surface area is 106 Å². The molecule has 1 heterocycles. The van der Waals surface area contributed by atoms with Crippen LogP contribution < -0.4 is 0 Å². The Balaban J connectivity index is 2.30. The van der Waals surface area contributed by atoms with Crippen molar-refractivity contribution in [3.05, 3.63) is 46.7 Å². The van der Waals surface area contributed by atoms with E-state index >= 15 is 0 Å². The summed E-state index contributed by atoms with van der Waals surface area (Å²) in [4.78, 5) is 9.23. The van der Waals surface area contributed by atoms with Gasteiger partial charge in [-0.05, 0) is 35.5 Å². The summed E-state index contributed by atoms with van der Waals surface area (Å²) in [7, 11) is 0. The van der Waals surface area contributed by atoms with Crippen molar-refractivity contribution in [1.82, 2.24) is 9.97 Å². The molecule has 0 amide bonds. The maximum atomic E-state index is 9.22. The van der Waals surface area contributed by atoms with Crippen molar-refractivity contribution < 1.29 is 5.11 Å². The highest BCUT2D eigenvalue weighted by atomic mass is 79.9. The van der Waals surface area contributed by atoms with Gasteiger partial charge in [0.05, 0.1) is 6.61 Å². The van der Waals surface area contributed by atoms with Crippen LogP contribution in [-0.4, -0.2) is 15.1 Å². The zero-order chi connectivity index (χ0) is 11.4. The molecule has 1 aromatic carbocycles. The molecule has 2 rings (SSSR count). The second-order valence-corrected chi connectivity index (χ2v) is 4.97. The fraction of sp³-hybridized carbons (Fsp3) is 0.0909. The summed E-state index contributed by atoms with van der Waals surface area (Å²) in [5.74, 6) is 0. The van der Waals surface area contributed by atoms with E-state index in [-0.39, 0.29) is 6.61 Å². The van der Waals surface area contributed by atoms with E-state index < -0.39 is 0 Å². The third-order valence-corrected chi connectivity index (χ3v) is 3.43. The van der Waals surface area contributed by atoms with Crippen molar-refractivity contribution in [1.29, 1.82) is 0 Å². The number of rotatable bonds is 3. The summed E-state index contributed by atoms with van der Waals surface area (Å²) >= 11 is 4.84. The van der Waals surface area contributed by atoms with Crippen molar-refractivity contribution in [2.24, 2.45) is 0 Å². The summed E-state index contributed by atoms with van der Waals surface area (Å²) in [5, 5.41) is 9.89. The Kier molecular flexibility index (Phi) is 3.93. The van der Waals surface area contributed by atoms with Crippen LogP contribution >= 0.6 is 27.7 Å².